The van der Waals surface area contributed by atoms with Gasteiger partial charge in [-0.15, -0.1) is 0 Å². The van der Waals surface area contributed by atoms with Crippen LogP contribution in [-0.2, 0) is 0 Å². The summed E-state index contributed by atoms with van der Waals surface area (Å²) in [6.45, 7) is 0.365. The van der Waals surface area contributed by atoms with Gasteiger partial charge in [0.25, 0.3) is 5.91 Å². The maximum absolute atomic E-state index is 12.8. The number of carbonyl (C=O) groups is 1. The summed E-state index contributed by atoms with van der Waals surface area (Å²) in [4.78, 5) is 14.6. The summed E-state index contributed by atoms with van der Waals surface area (Å²) >= 11 is 0. The summed E-state index contributed by atoms with van der Waals surface area (Å²) in [5.41, 5.74) is 2.25. The molecule has 0 bridgehead atoms. The molecular weight excluding hydrogens is 266 g/mol. The van der Waals surface area contributed by atoms with Gasteiger partial charge in [0.05, 0.1) is 24.1 Å². The average molecular weight is 285 g/mol. The smallest absolute Gasteiger partial charge is 0.258 e. The number of H-pyrrole nitrogens is 1. The zero-order valence-electron chi connectivity index (χ0n) is 11.8. The van der Waals surface area contributed by atoms with Gasteiger partial charge in [-0.25, -0.2) is 0 Å². The van der Waals surface area contributed by atoms with Crippen molar-refractivity contribution in [2.45, 2.75) is 25.3 Å². The molecule has 5 heteroatoms. The Morgan fingerprint density at radius 2 is 2.10 bits per heavy atom. The van der Waals surface area contributed by atoms with E-state index in [0.29, 0.717) is 12.1 Å². The molecule has 0 aliphatic heterocycles. The second-order valence-electron chi connectivity index (χ2n) is 5.33. The zero-order chi connectivity index (χ0) is 14.7. The van der Waals surface area contributed by atoms with Crippen LogP contribution in [0.1, 0.15) is 29.6 Å². The minimum Gasteiger partial charge on any atom is -0.395 e. The van der Waals surface area contributed by atoms with Crippen molar-refractivity contribution in [3.8, 4) is 11.3 Å². The van der Waals surface area contributed by atoms with Crippen LogP contribution in [0, 0.1) is 0 Å². The highest BCUT2D eigenvalue weighted by atomic mass is 16.3. The van der Waals surface area contributed by atoms with Gasteiger partial charge in [0.15, 0.2) is 0 Å². The number of aliphatic hydroxyl groups is 1. The molecule has 1 aromatic heterocycles. The number of benzene rings is 1. The normalized spacial score (nSPS) is 14.7. The minimum absolute atomic E-state index is 0.0131. The third-order valence-corrected chi connectivity index (χ3v) is 4.05. The molecule has 0 saturated heterocycles. The lowest BCUT2D eigenvalue weighted by molar-refractivity contribution is 0.0526. The predicted molar refractivity (Wildman–Crippen MR) is 79.8 cm³/mol. The Hall–Kier alpha value is -2.14. The van der Waals surface area contributed by atoms with Crippen molar-refractivity contribution in [2.75, 3.05) is 13.2 Å². The largest absolute Gasteiger partial charge is 0.395 e. The third-order valence-electron chi connectivity index (χ3n) is 4.05. The summed E-state index contributed by atoms with van der Waals surface area (Å²) in [6, 6.07) is 9.95. The number of aromatic amines is 1. The molecule has 0 radical (unpaired) electrons. The Morgan fingerprint density at radius 3 is 2.71 bits per heavy atom. The van der Waals surface area contributed by atoms with Gasteiger partial charge in [0.2, 0.25) is 0 Å². The van der Waals surface area contributed by atoms with Crippen molar-refractivity contribution in [3.63, 3.8) is 0 Å². The number of aromatic nitrogens is 2. The summed E-state index contributed by atoms with van der Waals surface area (Å²) in [5, 5.41) is 16.2. The number of nitrogens with zero attached hydrogens (tertiary/aromatic N) is 2. The Balaban J connectivity index is 1.89. The number of hydrogen-bond donors (Lipinski definition) is 2. The van der Waals surface area contributed by atoms with Crippen LogP contribution < -0.4 is 0 Å². The second kappa shape index (κ2) is 6.10. The monoisotopic (exact) mass is 285 g/mol. The molecule has 1 amide bonds. The average Bonchev–Trinajstić information content (AvgIpc) is 2.94. The molecule has 21 heavy (non-hydrogen) atoms. The number of aliphatic hydroxyl groups excluding tert-OH is 1. The first-order valence-electron chi connectivity index (χ1n) is 7.32. The molecule has 110 valence electrons. The molecule has 0 atom stereocenters. The van der Waals surface area contributed by atoms with E-state index >= 15 is 0 Å². The number of carbonyl (C=O) groups excluding carboxylic acids is 1. The van der Waals surface area contributed by atoms with E-state index in [2.05, 4.69) is 10.2 Å². The van der Waals surface area contributed by atoms with Crippen LogP contribution >= 0.6 is 0 Å². The fraction of sp³-hybridized carbons (Fsp3) is 0.375. The molecule has 1 saturated carbocycles. The molecule has 0 unspecified atom stereocenters. The topological polar surface area (TPSA) is 69.2 Å². The lowest BCUT2D eigenvalue weighted by Gasteiger charge is -2.37. The molecule has 1 heterocycles. The van der Waals surface area contributed by atoms with E-state index in [9.17, 15) is 9.90 Å². The Morgan fingerprint density at radius 1 is 1.33 bits per heavy atom. The first-order chi connectivity index (χ1) is 10.3. The van der Waals surface area contributed by atoms with Crippen molar-refractivity contribution < 1.29 is 9.90 Å². The van der Waals surface area contributed by atoms with Gasteiger partial charge >= 0.3 is 0 Å². The van der Waals surface area contributed by atoms with Gasteiger partial charge in [0, 0.05) is 18.2 Å². The minimum atomic E-state index is -0.0543. The Kier molecular flexibility index (Phi) is 4.01. The van der Waals surface area contributed by atoms with Gasteiger partial charge in [0.1, 0.15) is 0 Å². The summed E-state index contributed by atoms with van der Waals surface area (Å²) < 4.78 is 0. The summed E-state index contributed by atoms with van der Waals surface area (Å²) in [5.74, 6) is -0.0543. The van der Waals surface area contributed by atoms with Crippen molar-refractivity contribution in [2.24, 2.45) is 0 Å². The quantitative estimate of drug-likeness (QED) is 0.883. The van der Waals surface area contributed by atoms with E-state index in [4.69, 9.17) is 0 Å². The molecule has 3 rings (SSSR count). The predicted octanol–water partition coefficient (Wildman–Crippen LogP) is 2.06. The molecule has 5 nitrogen and oxygen atoms in total. The second-order valence-corrected chi connectivity index (χ2v) is 5.33. The molecule has 0 spiro atoms. The fourth-order valence-corrected chi connectivity index (χ4v) is 2.68. The van der Waals surface area contributed by atoms with E-state index in [-0.39, 0.29) is 18.6 Å². The number of amides is 1. The highest BCUT2D eigenvalue weighted by molar-refractivity contribution is 6.00. The van der Waals surface area contributed by atoms with Crippen LogP contribution in [0.15, 0.2) is 36.5 Å². The van der Waals surface area contributed by atoms with Crippen LogP contribution in [0.3, 0.4) is 0 Å². The summed E-state index contributed by atoms with van der Waals surface area (Å²) in [7, 11) is 0. The highest BCUT2D eigenvalue weighted by Crippen LogP contribution is 2.28. The molecule has 2 aromatic rings. The van der Waals surface area contributed by atoms with Crippen LogP contribution in [0.5, 0.6) is 0 Å². The van der Waals surface area contributed by atoms with Crippen molar-refractivity contribution in [1.29, 1.82) is 0 Å². The van der Waals surface area contributed by atoms with Gasteiger partial charge in [-0.2, -0.15) is 5.10 Å². The molecular formula is C16H19N3O2. The lowest BCUT2D eigenvalue weighted by Crippen LogP contribution is -2.45. The van der Waals surface area contributed by atoms with Gasteiger partial charge in [-0.3, -0.25) is 9.89 Å². The van der Waals surface area contributed by atoms with Gasteiger partial charge in [-0.05, 0) is 19.3 Å². The van der Waals surface area contributed by atoms with Crippen molar-refractivity contribution >= 4 is 5.91 Å². The van der Waals surface area contributed by atoms with Gasteiger partial charge in [-0.1, -0.05) is 30.3 Å². The van der Waals surface area contributed by atoms with Crippen LogP contribution in [-0.4, -0.2) is 45.3 Å². The Bertz CT molecular complexity index is 605. The maximum Gasteiger partial charge on any atom is 0.258 e. The van der Waals surface area contributed by atoms with Crippen LogP contribution in [0.2, 0.25) is 0 Å². The number of hydrogen-bond acceptors (Lipinski definition) is 3. The molecule has 1 aliphatic carbocycles. The highest BCUT2D eigenvalue weighted by Gasteiger charge is 2.30. The molecule has 1 fully saturated rings. The first-order valence-corrected chi connectivity index (χ1v) is 7.32. The van der Waals surface area contributed by atoms with Crippen molar-refractivity contribution in [3.05, 3.63) is 42.1 Å². The SMILES string of the molecule is O=C(c1cn[nH]c1-c1ccccc1)N(CCO)C1CCC1. The molecule has 1 aliphatic rings. The van der Waals surface area contributed by atoms with E-state index in [1.54, 1.807) is 11.1 Å². The maximum atomic E-state index is 12.8. The van der Waals surface area contributed by atoms with Crippen LogP contribution in [0.25, 0.3) is 11.3 Å². The van der Waals surface area contributed by atoms with E-state index in [1.165, 1.54) is 0 Å². The first kappa shape index (κ1) is 13.8. The summed E-state index contributed by atoms with van der Waals surface area (Å²) in [6.07, 6.45) is 4.76. The lowest BCUT2D eigenvalue weighted by atomic mass is 9.91. The van der Waals surface area contributed by atoms with Gasteiger partial charge < -0.3 is 10.0 Å². The molecule has 1 aromatic carbocycles. The van der Waals surface area contributed by atoms with E-state index in [1.807, 2.05) is 30.3 Å². The third kappa shape index (κ3) is 2.69. The standard InChI is InChI=1S/C16H19N3O2/c20-10-9-19(13-7-4-8-13)16(21)14-11-17-18-15(14)12-5-2-1-3-6-12/h1-3,5-6,11,13,20H,4,7-10H2,(H,17,18). The Labute approximate surface area is 123 Å². The number of nitrogens with one attached hydrogen (secondary N) is 1. The van der Waals surface area contributed by atoms with Crippen LogP contribution in [0.4, 0.5) is 0 Å². The van der Waals surface area contributed by atoms with E-state index < -0.39 is 0 Å². The van der Waals surface area contributed by atoms with E-state index in [0.717, 1.165) is 30.5 Å². The molecule has 2 N–H and O–H groups in total. The fourth-order valence-electron chi connectivity index (χ4n) is 2.68. The number of rotatable bonds is 5. The van der Waals surface area contributed by atoms with Crippen molar-refractivity contribution in [1.82, 2.24) is 15.1 Å². The zero-order valence-corrected chi connectivity index (χ0v) is 11.8.